The second kappa shape index (κ2) is 9.05. The van der Waals surface area contributed by atoms with Crippen LogP contribution in [0.5, 0.6) is 0 Å². The maximum atomic E-state index is 13.4. The van der Waals surface area contributed by atoms with Gasteiger partial charge in [-0.05, 0) is 43.9 Å². The first kappa shape index (κ1) is 20.8. The summed E-state index contributed by atoms with van der Waals surface area (Å²) in [6.07, 6.45) is 4.87. The van der Waals surface area contributed by atoms with Crippen LogP contribution in [0.2, 0.25) is 0 Å². The van der Waals surface area contributed by atoms with Crippen LogP contribution in [0.4, 0.5) is 10.3 Å². The van der Waals surface area contributed by atoms with Crippen LogP contribution in [-0.4, -0.2) is 27.3 Å². The number of aryl methyl sites for hydroxylation is 1. The minimum atomic E-state index is -0.387. The Morgan fingerprint density at radius 1 is 1.24 bits per heavy atom. The Labute approximate surface area is 172 Å². The number of nitrogens with zero attached hydrogens (tertiary/aromatic N) is 4. The number of hydrogen-bond donors (Lipinski definition) is 1. The zero-order valence-corrected chi connectivity index (χ0v) is 17.4. The van der Waals surface area contributed by atoms with E-state index in [9.17, 15) is 14.4 Å². The average Bonchev–Trinajstić information content (AvgIpc) is 2.71. The molecule has 0 spiro atoms. The third-order valence-electron chi connectivity index (χ3n) is 4.62. The highest BCUT2D eigenvalue weighted by Gasteiger charge is 2.20. The summed E-state index contributed by atoms with van der Waals surface area (Å²) in [7, 11) is 0. The molecule has 0 saturated carbocycles. The molecule has 8 heteroatoms. The van der Waals surface area contributed by atoms with Gasteiger partial charge in [0.15, 0.2) is 0 Å². The molecule has 0 amide bonds. The van der Waals surface area contributed by atoms with Gasteiger partial charge in [0.05, 0.1) is 16.8 Å². The van der Waals surface area contributed by atoms with Crippen molar-refractivity contribution in [3.05, 3.63) is 51.7 Å². The van der Waals surface area contributed by atoms with E-state index >= 15 is 0 Å². The molecule has 3 rings (SSSR count). The Balaban J connectivity index is 2.30. The molecule has 2 aromatic heterocycles. The Morgan fingerprint density at radius 2 is 1.97 bits per heavy atom. The summed E-state index contributed by atoms with van der Waals surface area (Å²) in [4.78, 5) is 22.5. The molecule has 0 saturated heterocycles. The molecule has 6 nitrogen and oxygen atoms in total. The van der Waals surface area contributed by atoms with Gasteiger partial charge in [0.25, 0.3) is 5.56 Å². The number of rotatable bonds is 7. The second-order valence-electron chi connectivity index (χ2n) is 6.60. The Bertz CT molecular complexity index is 1140. The lowest BCUT2D eigenvalue weighted by Gasteiger charge is -2.16. The molecule has 0 aliphatic rings. The molecule has 0 bridgehead atoms. The third-order valence-corrected chi connectivity index (χ3v) is 5.30. The van der Waals surface area contributed by atoms with Gasteiger partial charge in [0.2, 0.25) is 5.95 Å². The maximum Gasteiger partial charge on any atom is 0.269 e. The summed E-state index contributed by atoms with van der Waals surface area (Å²) < 4.78 is 14.8. The SMILES string of the molecule is CCCCCNc1nc2c(C#N)c(SC)nc(C)c2c(=O)n1-c1ccc(F)cc1. The topological polar surface area (TPSA) is 83.6 Å². The van der Waals surface area contributed by atoms with Crippen LogP contribution in [0, 0.1) is 24.1 Å². The number of nitriles is 1. The predicted molar refractivity (Wildman–Crippen MR) is 114 cm³/mol. The molecular formula is C21H22FN5OS. The molecule has 0 atom stereocenters. The lowest BCUT2D eigenvalue weighted by molar-refractivity contribution is 0.627. The van der Waals surface area contributed by atoms with E-state index in [4.69, 9.17) is 0 Å². The molecule has 0 aliphatic carbocycles. The highest BCUT2D eigenvalue weighted by atomic mass is 32.2. The Kier molecular flexibility index (Phi) is 6.49. The fourth-order valence-electron chi connectivity index (χ4n) is 3.17. The second-order valence-corrected chi connectivity index (χ2v) is 7.40. The van der Waals surface area contributed by atoms with Crippen molar-refractivity contribution in [2.24, 2.45) is 0 Å². The minimum absolute atomic E-state index is 0.290. The number of benzene rings is 1. The van der Waals surface area contributed by atoms with Crippen LogP contribution in [0.3, 0.4) is 0 Å². The van der Waals surface area contributed by atoms with Crippen molar-refractivity contribution in [2.75, 3.05) is 18.1 Å². The zero-order chi connectivity index (χ0) is 21.0. The predicted octanol–water partition coefficient (Wildman–Crippen LogP) is 4.42. The number of unbranched alkanes of at least 4 members (excludes halogenated alkanes) is 2. The van der Waals surface area contributed by atoms with Crippen molar-refractivity contribution in [1.82, 2.24) is 14.5 Å². The van der Waals surface area contributed by atoms with Crippen LogP contribution < -0.4 is 10.9 Å². The van der Waals surface area contributed by atoms with E-state index in [2.05, 4.69) is 28.3 Å². The molecule has 0 fully saturated rings. The average molecular weight is 412 g/mol. The smallest absolute Gasteiger partial charge is 0.269 e. The molecule has 29 heavy (non-hydrogen) atoms. The number of anilines is 1. The van der Waals surface area contributed by atoms with Crippen LogP contribution in [0.15, 0.2) is 34.1 Å². The van der Waals surface area contributed by atoms with Gasteiger partial charge in [-0.1, -0.05) is 19.8 Å². The normalized spacial score (nSPS) is 10.9. The first-order valence-electron chi connectivity index (χ1n) is 9.43. The van der Waals surface area contributed by atoms with Gasteiger partial charge in [-0.3, -0.25) is 4.79 Å². The van der Waals surface area contributed by atoms with Crippen LogP contribution >= 0.6 is 11.8 Å². The van der Waals surface area contributed by atoms with Crippen molar-refractivity contribution in [3.63, 3.8) is 0 Å². The number of pyridine rings is 1. The molecule has 0 radical (unpaired) electrons. The lowest BCUT2D eigenvalue weighted by Crippen LogP contribution is -2.25. The van der Waals surface area contributed by atoms with Crippen molar-refractivity contribution >= 4 is 28.6 Å². The summed E-state index contributed by atoms with van der Waals surface area (Å²) in [6, 6.07) is 7.81. The first-order valence-corrected chi connectivity index (χ1v) is 10.7. The Morgan fingerprint density at radius 3 is 2.59 bits per heavy atom. The van der Waals surface area contributed by atoms with Crippen LogP contribution in [-0.2, 0) is 0 Å². The van der Waals surface area contributed by atoms with E-state index < -0.39 is 0 Å². The summed E-state index contributed by atoms with van der Waals surface area (Å²) in [5.74, 6) is -0.0541. The maximum absolute atomic E-state index is 13.4. The summed E-state index contributed by atoms with van der Waals surface area (Å²) in [5, 5.41) is 13.7. The molecule has 1 N–H and O–H groups in total. The quantitative estimate of drug-likeness (QED) is 0.458. The third kappa shape index (κ3) is 4.10. The van der Waals surface area contributed by atoms with Crippen molar-refractivity contribution in [1.29, 1.82) is 5.26 Å². The van der Waals surface area contributed by atoms with Crippen LogP contribution in [0.1, 0.15) is 37.4 Å². The summed E-state index contributed by atoms with van der Waals surface area (Å²) in [6.45, 7) is 4.48. The standard InChI is InChI=1S/C21H22FN5OS/c1-4-5-6-11-24-21-26-18-16(12-23)19(29-3)25-13(2)17(18)20(28)27(21)15-9-7-14(22)8-10-15/h7-10H,4-6,11H2,1-3H3,(H,24,26). The van der Waals surface area contributed by atoms with Gasteiger partial charge in [-0.25, -0.2) is 18.9 Å². The van der Waals surface area contributed by atoms with Crippen LogP contribution in [0.25, 0.3) is 16.6 Å². The molecule has 1 aromatic carbocycles. The molecule has 0 unspecified atom stereocenters. The van der Waals surface area contributed by atoms with Gasteiger partial charge >= 0.3 is 0 Å². The molecule has 0 aliphatic heterocycles. The Hall–Kier alpha value is -2.92. The minimum Gasteiger partial charge on any atom is -0.355 e. The van der Waals surface area contributed by atoms with Gasteiger partial charge in [0, 0.05) is 6.54 Å². The van der Waals surface area contributed by atoms with Crippen molar-refractivity contribution < 1.29 is 4.39 Å². The fraction of sp³-hybridized carbons (Fsp3) is 0.333. The summed E-state index contributed by atoms with van der Waals surface area (Å²) >= 11 is 1.34. The van der Waals surface area contributed by atoms with Gasteiger partial charge in [0.1, 0.15) is 28.0 Å². The number of fused-ring (bicyclic) bond motifs is 1. The number of aromatic nitrogens is 3. The van der Waals surface area contributed by atoms with E-state index in [0.717, 1.165) is 19.3 Å². The molecule has 150 valence electrons. The van der Waals surface area contributed by atoms with E-state index in [1.165, 1.54) is 40.6 Å². The number of thioether (sulfide) groups is 1. The number of hydrogen-bond acceptors (Lipinski definition) is 6. The van der Waals surface area contributed by atoms with E-state index in [-0.39, 0.29) is 16.9 Å². The highest BCUT2D eigenvalue weighted by molar-refractivity contribution is 7.98. The van der Waals surface area contributed by atoms with Gasteiger partial charge < -0.3 is 5.32 Å². The van der Waals surface area contributed by atoms with E-state index in [1.807, 2.05) is 6.26 Å². The highest BCUT2D eigenvalue weighted by Crippen LogP contribution is 2.27. The lowest BCUT2D eigenvalue weighted by atomic mass is 10.1. The molecular weight excluding hydrogens is 389 g/mol. The number of halogens is 1. The first-order chi connectivity index (χ1) is 14.0. The zero-order valence-electron chi connectivity index (χ0n) is 16.6. The molecule has 3 aromatic rings. The fourth-order valence-corrected chi connectivity index (χ4v) is 3.74. The van der Waals surface area contributed by atoms with Crippen molar-refractivity contribution in [2.45, 2.75) is 38.1 Å². The molecule has 2 heterocycles. The van der Waals surface area contributed by atoms with Crippen molar-refractivity contribution in [3.8, 4) is 11.8 Å². The van der Waals surface area contributed by atoms with Gasteiger partial charge in [-0.2, -0.15) is 5.26 Å². The van der Waals surface area contributed by atoms with Gasteiger partial charge in [-0.15, -0.1) is 11.8 Å². The largest absolute Gasteiger partial charge is 0.355 e. The summed E-state index contributed by atoms with van der Waals surface area (Å²) in [5.41, 5.74) is 1.29. The monoisotopic (exact) mass is 411 g/mol. The number of nitrogens with one attached hydrogen (secondary N) is 1. The van der Waals surface area contributed by atoms with E-state index in [0.29, 0.717) is 39.8 Å². The van der Waals surface area contributed by atoms with E-state index in [1.54, 1.807) is 6.92 Å².